The number of aromatic nitrogens is 3. The first-order chi connectivity index (χ1) is 9.56. The van der Waals surface area contributed by atoms with E-state index in [2.05, 4.69) is 14.9 Å². The molecule has 2 rings (SSSR count). The van der Waals surface area contributed by atoms with Crippen molar-refractivity contribution in [3.8, 4) is 0 Å². The summed E-state index contributed by atoms with van der Waals surface area (Å²) in [5, 5.41) is 16.5. The third-order valence-corrected chi connectivity index (χ3v) is 4.29. The largest absolute Gasteiger partial charge is 0.392 e. The zero-order valence-corrected chi connectivity index (χ0v) is 11.8. The van der Waals surface area contributed by atoms with E-state index in [-0.39, 0.29) is 18.0 Å². The van der Waals surface area contributed by atoms with Crippen LogP contribution in [0.25, 0.3) is 0 Å². The van der Waals surface area contributed by atoms with Gasteiger partial charge in [-0.2, -0.15) is 0 Å². The van der Waals surface area contributed by atoms with Gasteiger partial charge in [0.05, 0.1) is 18.0 Å². The van der Waals surface area contributed by atoms with Crippen molar-refractivity contribution in [1.82, 2.24) is 19.5 Å². The number of rotatable bonds is 6. The van der Waals surface area contributed by atoms with Gasteiger partial charge in [0.1, 0.15) is 12.2 Å². The Labute approximate surface area is 117 Å². The molecule has 20 heavy (non-hydrogen) atoms. The van der Waals surface area contributed by atoms with Crippen LogP contribution in [0.2, 0.25) is 0 Å². The van der Waals surface area contributed by atoms with Gasteiger partial charge < -0.3 is 9.67 Å². The first kappa shape index (κ1) is 14.6. The van der Waals surface area contributed by atoms with Crippen LogP contribution >= 0.6 is 0 Å². The van der Waals surface area contributed by atoms with E-state index >= 15 is 0 Å². The van der Waals surface area contributed by atoms with Gasteiger partial charge in [0.15, 0.2) is 0 Å². The van der Waals surface area contributed by atoms with Crippen molar-refractivity contribution in [3.05, 3.63) is 42.0 Å². The lowest BCUT2D eigenvalue weighted by Crippen LogP contribution is -2.25. The maximum absolute atomic E-state index is 12.1. The number of nitrogens with one attached hydrogen (secondary N) is 1. The highest BCUT2D eigenvalue weighted by atomic mass is 32.2. The Balaban J connectivity index is 2.10. The fourth-order valence-electron chi connectivity index (χ4n) is 1.70. The van der Waals surface area contributed by atoms with Crippen LogP contribution in [0.5, 0.6) is 0 Å². The van der Waals surface area contributed by atoms with Gasteiger partial charge in [0, 0.05) is 6.54 Å². The van der Waals surface area contributed by atoms with Gasteiger partial charge in [0.25, 0.3) is 0 Å². The maximum Gasteiger partial charge on any atom is 0.240 e. The number of hydrogen-bond donors (Lipinski definition) is 2. The Bertz CT molecular complexity index is 664. The van der Waals surface area contributed by atoms with E-state index in [4.69, 9.17) is 5.11 Å². The zero-order valence-electron chi connectivity index (χ0n) is 11.0. The summed E-state index contributed by atoms with van der Waals surface area (Å²) in [7, 11) is -3.60. The summed E-state index contributed by atoms with van der Waals surface area (Å²) in [5.74, 6) is 0.558. The van der Waals surface area contributed by atoms with E-state index in [9.17, 15) is 8.42 Å². The minimum atomic E-state index is -3.60. The van der Waals surface area contributed by atoms with Crippen molar-refractivity contribution < 1.29 is 13.5 Å². The van der Waals surface area contributed by atoms with Gasteiger partial charge in [-0.3, -0.25) is 0 Å². The Morgan fingerprint density at radius 3 is 2.60 bits per heavy atom. The molecular formula is C12H16N4O3S. The minimum absolute atomic E-state index is 0.0813. The number of nitrogens with zero attached hydrogens (tertiary/aromatic N) is 3. The Kier molecular flexibility index (Phi) is 4.48. The smallest absolute Gasteiger partial charge is 0.240 e. The lowest BCUT2D eigenvalue weighted by atomic mass is 10.2. The number of aliphatic hydroxyl groups excluding tert-OH is 1. The van der Waals surface area contributed by atoms with Gasteiger partial charge in [0.2, 0.25) is 10.0 Å². The van der Waals surface area contributed by atoms with Crippen molar-refractivity contribution in [2.24, 2.45) is 0 Å². The number of hydrogen-bond acceptors (Lipinski definition) is 5. The molecule has 8 heteroatoms. The van der Waals surface area contributed by atoms with E-state index < -0.39 is 10.0 Å². The first-order valence-electron chi connectivity index (χ1n) is 6.13. The number of sulfonamides is 1. The highest BCUT2D eigenvalue weighted by Gasteiger charge is 2.15. The molecular weight excluding hydrogens is 280 g/mol. The molecule has 0 aliphatic carbocycles. The summed E-state index contributed by atoms with van der Waals surface area (Å²) < 4.78 is 28.4. The predicted molar refractivity (Wildman–Crippen MR) is 72.1 cm³/mol. The fourth-order valence-corrected chi connectivity index (χ4v) is 2.68. The molecule has 0 bridgehead atoms. The second-order valence-corrected chi connectivity index (χ2v) is 5.93. The van der Waals surface area contributed by atoms with Crippen LogP contribution < -0.4 is 4.72 Å². The fraction of sp³-hybridized carbons (Fsp3) is 0.333. The lowest BCUT2D eigenvalue weighted by Gasteiger charge is -2.07. The second kappa shape index (κ2) is 6.12. The van der Waals surface area contributed by atoms with Crippen molar-refractivity contribution in [2.45, 2.75) is 31.5 Å². The molecule has 0 radical (unpaired) electrons. The quantitative estimate of drug-likeness (QED) is 0.797. The monoisotopic (exact) mass is 296 g/mol. The number of benzene rings is 1. The Morgan fingerprint density at radius 2 is 2.00 bits per heavy atom. The standard InChI is InChI=1S/C12H16N4O3S/c1-2-16-9-13-15-12(16)7-14-20(18,19)11-5-3-10(8-17)4-6-11/h3-6,9,14,17H,2,7-8H2,1H3. The second-order valence-electron chi connectivity index (χ2n) is 4.16. The average Bonchev–Trinajstić information content (AvgIpc) is 2.93. The topological polar surface area (TPSA) is 97.1 Å². The Hall–Kier alpha value is -1.77. The van der Waals surface area contributed by atoms with Crippen LogP contribution in [0.15, 0.2) is 35.5 Å². The van der Waals surface area contributed by atoms with Crippen LogP contribution in [0, 0.1) is 0 Å². The van der Waals surface area contributed by atoms with E-state index in [0.29, 0.717) is 17.9 Å². The molecule has 0 fully saturated rings. The average molecular weight is 296 g/mol. The molecule has 7 nitrogen and oxygen atoms in total. The van der Waals surface area contributed by atoms with Crippen molar-refractivity contribution in [1.29, 1.82) is 0 Å². The van der Waals surface area contributed by atoms with Gasteiger partial charge >= 0.3 is 0 Å². The molecule has 1 heterocycles. The van der Waals surface area contributed by atoms with Crippen LogP contribution in [-0.4, -0.2) is 28.3 Å². The van der Waals surface area contributed by atoms with E-state index in [1.165, 1.54) is 12.1 Å². The molecule has 0 spiro atoms. The number of aliphatic hydroxyl groups is 1. The van der Waals surface area contributed by atoms with Crippen LogP contribution in [-0.2, 0) is 29.7 Å². The molecule has 0 aliphatic rings. The summed E-state index contributed by atoms with van der Waals surface area (Å²) in [5.41, 5.74) is 0.662. The summed E-state index contributed by atoms with van der Waals surface area (Å²) in [6.07, 6.45) is 1.56. The van der Waals surface area contributed by atoms with E-state index in [1.54, 1.807) is 23.0 Å². The van der Waals surface area contributed by atoms with Crippen molar-refractivity contribution in [2.75, 3.05) is 0 Å². The van der Waals surface area contributed by atoms with Crippen LogP contribution in [0.1, 0.15) is 18.3 Å². The molecule has 2 N–H and O–H groups in total. The van der Waals surface area contributed by atoms with Gasteiger partial charge in [-0.15, -0.1) is 10.2 Å². The maximum atomic E-state index is 12.1. The summed E-state index contributed by atoms with van der Waals surface area (Å²) >= 11 is 0. The van der Waals surface area contributed by atoms with Gasteiger partial charge in [-0.05, 0) is 24.6 Å². The predicted octanol–water partition coefficient (Wildman–Crippen LogP) is 0.269. The minimum Gasteiger partial charge on any atom is -0.392 e. The van der Waals surface area contributed by atoms with Crippen molar-refractivity contribution >= 4 is 10.0 Å². The third-order valence-electron chi connectivity index (χ3n) is 2.87. The highest BCUT2D eigenvalue weighted by molar-refractivity contribution is 7.89. The van der Waals surface area contributed by atoms with Gasteiger partial charge in [-0.1, -0.05) is 12.1 Å². The van der Waals surface area contributed by atoms with Crippen LogP contribution in [0.3, 0.4) is 0 Å². The molecule has 0 aliphatic heterocycles. The van der Waals surface area contributed by atoms with E-state index in [0.717, 1.165) is 0 Å². The molecule has 0 saturated heterocycles. The molecule has 0 amide bonds. The summed E-state index contributed by atoms with van der Waals surface area (Å²) in [6.45, 7) is 2.56. The molecule has 1 aromatic carbocycles. The summed E-state index contributed by atoms with van der Waals surface area (Å²) in [6, 6.07) is 6.06. The molecule has 2 aromatic rings. The molecule has 0 atom stereocenters. The molecule has 1 aromatic heterocycles. The highest BCUT2D eigenvalue weighted by Crippen LogP contribution is 2.11. The normalized spacial score (nSPS) is 11.7. The lowest BCUT2D eigenvalue weighted by molar-refractivity contribution is 0.282. The van der Waals surface area contributed by atoms with Crippen LogP contribution in [0.4, 0.5) is 0 Å². The molecule has 0 unspecified atom stereocenters. The first-order valence-corrected chi connectivity index (χ1v) is 7.61. The Morgan fingerprint density at radius 1 is 1.30 bits per heavy atom. The molecule has 108 valence electrons. The molecule has 0 saturated carbocycles. The summed E-state index contributed by atoms with van der Waals surface area (Å²) in [4.78, 5) is 0.150. The SMILES string of the molecule is CCn1cnnc1CNS(=O)(=O)c1ccc(CO)cc1. The van der Waals surface area contributed by atoms with Crippen molar-refractivity contribution in [3.63, 3.8) is 0 Å². The number of aryl methyl sites for hydroxylation is 1. The third kappa shape index (κ3) is 3.21. The van der Waals surface area contributed by atoms with E-state index in [1.807, 2.05) is 6.92 Å². The zero-order chi connectivity index (χ0) is 14.6. The van der Waals surface area contributed by atoms with Gasteiger partial charge in [-0.25, -0.2) is 13.1 Å².